The van der Waals surface area contributed by atoms with Crippen LogP contribution >= 0.6 is 0 Å². The zero-order valence-electron chi connectivity index (χ0n) is 10.6. The Morgan fingerprint density at radius 3 is 1.88 bits per heavy atom. The van der Waals surface area contributed by atoms with Crippen LogP contribution in [0.4, 0.5) is 0 Å². The minimum Gasteiger partial charge on any atom is -0.135 e. The summed E-state index contributed by atoms with van der Waals surface area (Å²) in [6.07, 6.45) is 3.61. The zero-order chi connectivity index (χ0) is 12.5. The molecule has 0 bridgehead atoms. The van der Waals surface area contributed by atoms with Crippen LogP contribution in [0.5, 0.6) is 0 Å². The summed E-state index contributed by atoms with van der Waals surface area (Å²) in [5.41, 5.74) is 2.24. The molecule has 2 rings (SSSR count). The lowest BCUT2D eigenvalue weighted by molar-refractivity contribution is 0.864. The van der Waals surface area contributed by atoms with Crippen LogP contribution in [0.3, 0.4) is 0 Å². The Bertz CT molecular complexity index is 411. The van der Waals surface area contributed by atoms with E-state index in [-0.39, 0.29) is 0 Å². The first-order chi connectivity index (χ1) is 8.31. The van der Waals surface area contributed by atoms with Crippen molar-refractivity contribution < 1.29 is 0 Å². The summed E-state index contributed by atoms with van der Waals surface area (Å²) in [6, 6.07) is 8.09. The summed E-state index contributed by atoms with van der Waals surface area (Å²) in [4.78, 5) is 0. The van der Waals surface area contributed by atoms with Gasteiger partial charge in [0.05, 0.1) is 0 Å². The molecule has 0 unspecified atom stereocenters. The highest BCUT2D eigenvalue weighted by Gasteiger charge is 2.00. The van der Waals surface area contributed by atoms with Crippen molar-refractivity contribution in [3.05, 3.63) is 36.2 Å². The fraction of sp³-hybridized carbons (Fsp3) is 0.385. The van der Waals surface area contributed by atoms with E-state index in [1.807, 2.05) is 12.1 Å². The van der Waals surface area contributed by atoms with Crippen molar-refractivity contribution in [1.82, 2.24) is 20.4 Å². The third-order valence-electron chi connectivity index (χ3n) is 2.03. The summed E-state index contributed by atoms with van der Waals surface area (Å²) in [5.74, 6) is 0.565. The third-order valence-corrected chi connectivity index (χ3v) is 2.03. The van der Waals surface area contributed by atoms with Crippen LogP contribution in [0.1, 0.15) is 32.8 Å². The van der Waals surface area contributed by atoms with Gasteiger partial charge in [0.1, 0.15) is 0 Å². The molecule has 2 aromatic rings. The Morgan fingerprint density at radius 1 is 0.882 bits per heavy atom. The molecule has 1 aromatic heterocycles. The Balaban J connectivity index is 0.000000437. The van der Waals surface area contributed by atoms with Crippen molar-refractivity contribution in [3.63, 3.8) is 0 Å². The fourth-order valence-electron chi connectivity index (χ4n) is 1.21. The second kappa shape index (κ2) is 7.44. The van der Waals surface area contributed by atoms with Crippen molar-refractivity contribution >= 4 is 0 Å². The summed E-state index contributed by atoms with van der Waals surface area (Å²) in [7, 11) is 0. The van der Waals surface area contributed by atoms with Gasteiger partial charge < -0.3 is 0 Å². The van der Waals surface area contributed by atoms with Crippen LogP contribution in [0.25, 0.3) is 11.4 Å². The molecule has 0 radical (unpaired) electrons. The predicted octanol–water partition coefficient (Wildman–Crippen LogP) is 2.91. The number of benzene rings is 1. The number of hydrogen-bond donors (Lipinski definition) is 0. The van der Waals surface area contributed by atoms with Crippen LogP contribution < -0.4 is 0 Å². The molecule has 1 heterocycles. The number of aryl methyl sites for hydroxylation is 1. The molecule has 0 saturated heterocycles. The van der Waals surface area contributed by atoms with Crippen molar-refractivity contribution in [2.45, 2.75) is 33.6 Å². The lowest BCUT2D eigenvalue weighted by Crippen LogP contribution is -1.93. The average Bonchev–Trinajstić information content (AvgIpc) is 2.41. The van der Waals surface area contributed by atoms with Crippen molar-refractivity contribution in [2.24, 2.45) is 0 Å². The molecule has 0 aliphatic heterocycles. The van der Waals surface area contributed by atoms with E-state index in [0.29, 0.717) is 5.82 Å². The number of rotatable bonds is 2. The normalized spacial score (nSPS) is 9.35. The smallest absolute Gasteiger partial charge is 0.135 e. The molecule has 0 aliphatic rings. The number of aromatic nitrogens is 4. The Morgan fingerprint density at radius 2 is 1.41 bits per heavy atom. The highest BCUT2D eigenvalue weighted by Crippen LogP contribution is 2.13. The second-order valence-electron chi connectivity index (χ2n) is 3.63. The van der Waals surface area contributed by atoms with Gasteiger partial charge in [-0.05, 0) is 12.0 Å². The standard InChI is InChI=1S/C10H10N4.C3H8/c1-2-8-3-5-9(6-4-8)10-13-11-7-12-14-10;1-3-2/h3-7H,2H2,1H3;3H2,1-2H3. The van der Waals surface area contributed by atoms with Crippen LogP contribution in [0.15, 0.2) is 30.6 Å². The van der Waals surface area contributed by atoms with Gasteiger partial charge in [-0.2, -0.15) is 0 Å². The summed E-state index contributed by atoms with van der Waals surface area (Å²) >= 11 is 0. The zero-order valence-corrected chi connectivity index (χ0v) is 10.6. The number of hydrogen-bond acceptors (Lipinski definition) is 4. The van der Waals surface area contributed by atoms with Gasteiger partial charge in [0.25, 0.3) is 0 Å². The lowest BCUT2D eigenvalue weighted by atomic mass is 10.1. The van der Waals surface area contributed by atoms with Crippen molar-refractivity contribution in [2.75, 3.05) is 0 Å². The maximum atomic E-state index is 3.88. The first kappa shape index (κ1) is 13.2. The van der Waals surface area contributed by atoms with Gasteiger partial charge in [-0.15, -0.1) is 20.4 Å². The molecule has 0 saturated carbocycles. The maximum Gasteiger partial charge on any atom is 0.203 e. The highest BCUT2D eigenvalue weighted by molar-refractivity contribution is 5.53. The molecule has 1 aromatic carbocycles. The molecule has 0 N–H and O–H groups in total. The van der Waals surface area contributed by atoms with Crippen molar-refractivity contribution in [1.29, 1.82) is 0 Å². The SMILES string of the molecule is CCC.CCc1ccc(-c2nncnn2)cc1. The maximum absolute atomic E-state index is 3.88. The summed E-state index contributed by atoms with van der Waals surface area (Å²) in [6.45, 7) is 6.37. The molecule has 0 amide bonds. The van der Waals surface area contributed by atoms with Crippen LogP contribution in [0, 0.1) is 0 Å². The first-order valence-electron chi connectivity index (χ1n) is 5.91. The summed E-state index contributed by atoms with van der Waals surface area (Å²) in [5, 5.41) is 15.1. The average molecular weight is 230 g/mol. The molecule has 4 nitrogen and oxygen atoms in total. The minimum absolute atomic E-state index is 0.565. The molecule has 0 aliphatic carbocycles. The Hall–Kier alpha value is -1.84. The monoisotopic (exact) mass is 230 g/mol. The molecule has 17 heavy (non-hydrogen) atoms. The quantitative estimate of drug-likeness (QED) is 0.796. The molecular formula is C13H18N4. The molecular weight excluding hydrogens is 212 g/mol. The fourth-order valence-corrected chi connectivity index (χ4v) is 1.21. The van der Waals surface area contributed by atoms with Gasteiger partial charge >= 0.3 is 0 Å². The van der Waals surface area contributed by atoms with Crippen LogP contribution in [-0.2, 0) is 6.42 Å². The minimum atomic E-state index is 0.565. The lowest BCUT2D eigenvalue weighted by Gasteiger charge is -1.98. The van der Waals surface area contributed by atoms with E-state index in [9.17, 15) is 0 Å². The van der Waals surface area contributed by atoms with Gasteiger partial charge in [0.2, 0.25) is 5.82 Å². The van der Waals surface area contributed by atoms with Gasteiger partial charge in [0.15, 0.2) is 6.33 Å². The van der Waals surface area contributed by atoms with E-state index in [0.717, 1.165) is 12.0 Å². The third kappa shape index (κ3) is 4.26. The van der Waals surface area contributed by atoms with E-state index in [1.165, 1.54) is 18.3 Å². The van der Waals surface area contributed by atoms with E-state index in [4.69, 9.17) is 0 Å². The Labute approximate surface area is 102 Å². The Kier molecular flexibility index (Phi) is 5.79. The predicted molar refractivity (Wildman–Crippen MR) is 68.4 cm³/mol. The number of nitrogens with zero attached hydrogens (tertiary/aromatic N) is 4. The largest absolute Gasteiger partial charge is 0.203 e. The van der Waals surface area contributed by atoms with Crippen LogP contribution in [0.2, 0.25) is 0 Å². The van der Waals surface area contributed by atoms with E-state index >= 15 is 0 Å². The molecule has 0 spiro atoms. The summed E-state index contributed by atoms with van der Waals surface area (Å²) < 4.78 is 0. The molecule has 90 valence electrons. The van der Waals surface area contributed by atoms with Gasteiger partial charge in [-0.1, -0.05) is 51.5 Å². The molecule has 4 heteroatoms. The first-order valence-corrected chi connectivity index (χ1v) is 5.91. The molecule has 0 fully saturated rings. The van der Waals surface area contributed by atoms with Gasteiger partial charge in [-0.3, -0.25) is 0 Å². The van der Waals surface area contributed by atoms with E-state index in [1.54, 1.807) is 0 Å². The van der Waals surface area contributed by atoms with Crippen molar-refractivity contribution in [3.8, 4) is 11.4 Å². The van der Waals surface area contributed by atoms with E-state index < -0.39 is 0 Å². The van der Waals surface area contributed by atoms with Gasteiger partial charge in [0, 0.05) is 5.56 Å². The van der Waals surface area contributed by atoms with E-state index in [2.05, 4.69) is 53.3 Å². The molecule has 0 atom stereocenters. The van der Waals surface area contributed by atoms with Gasteiger partial charge in [-0.25, -0.2) is 0 Å². The second-order valence-corrected chi connectivity index (χ2v) is 3.63. The highest BCUT2D eigenvalue weighted by atomic mass is 15.3. The topological polar surface area (TPSA) is 51.6 Å². The van der Waals surface area contributed by atoms with Crippen LogP contribution in [-0.4, -0.2) is 20.4 Å².